The summed E-state index contributed by atoms with van der Waals surface area (Å²) in [4.78, 5) is 19.0. The Balaban J connectivity index is 2.21. The summed E-state index contributed by atoms with van der Waals surface area (Å²) in [6, 6.07) is 12.8. The highest BCUT2D eigenvalue weighted by Gasteiger charge is 2.25. The van der Waals surface area contributed by atoms with Crippen LogP contribution in [-0.2, 0) is 0 Å². The number of H-pyrrole nitrogens is 2. The van der Waals surface area contributed by atoms with Gasteiger partial charge in [0.05, 0.1) is 5.92 Å². The fourth-order valence-corrected chi connectivity index (χ4v) is 3.80. The number of rotatable bonds is 4. The second-order valence-corrected chi connectivity index (χ2v) is 7.55. The van der Waals surface area contributed by atoms with Crippen LogP contribution in [0, 0.1) is 24.3 Å². The molecule has 0 saturated heterocycles. The van der Waals surface area contributed by atoms with Gasteiger partial charge in [-0.15, -0.1) is 0 Å². The molecule has 0 amide bonds. The lowest BCUT2D eigenvalue weighted by Gasteiger charge is -2.17. The van der Waals surface area contributed by atoms with Crippen LogP contribution >= 0.6 is 22.6 Å². The Bertz CT molecular complexity index is 887. The second kappa shape index (κ2) is 6.59. The molecule has 3 nitrogen and oxygen atoms in total. The maximum atomic E-state index is 12.0. The zero-order valence-electron chi connectivity index (χ0n) is 14.3. The molecule has 124 valence electrons. The smallest absolute Gasteiger partial charge is 0.161 e. The second-order valence-electron chi connectivity index (χ2n) is 6.30. The summed E-state index contributed by atoms with van der Waals surface area (Å²) in [5, 5.41) is 0. The molecule has 0 aliphatic rings. The van der Waals surface area contributed by atoms with E-state index in [2.05, 4.69) is 75.9 Å². The van der Waals surface area contributed by atoms with E-state index in [1.54, 1.807) is 6.92 Å². The average Bonchev–Trinajstić information content (AvgIpc) is 3.06. The van der Waals surface area contributed by atoms with E-state index in [1.165, 1.54) is 9.13 Å². The molecule has 3 aromatic rings. The van der Waals surface area contributed by atoms with E-state index in [-0.39, 0.29) is 11.7 Å². The van der Waals surface area contributed by atoms with Crippen molar-refractivity contribution in [2.24, 2.45) is 0 Å². The van der Waals surface area contributed by atoms with Gasteiger partial charge in [0.1, 0.15) is 0 Å². The number of carbonyl (C=O) groups is 1. The molecule has 0 saturated carbocycles. The summed E-state index contributed by atoms with van der Waals surface area (Å²) in [6.07, 6.45) is 0. The fraction of sp³-hybridized carbons (Fsp3) is 0.250. The minimum atomic E-state index is 0.0579. The Morgan fingerprint density at radius 3 is 2.17 bits per heavy atom. The first-order chi connectivity index (χ1) is 11.4. The zero-order chi connectivity index (χ0) is 17.4. The summed E-state index contributed by atoms with van der Waals surface area (Å²) in [6.45, 7) is 7.69. The molecule has 0 radical (unpaired) electrons. The van der Waals surface area contributed by atoms with Crippen LogP contribution < -0.4 is 0 Å². The highest BCUT2D eigenvalue weighted by molar-refractivity contribution is 14.1. The predicted octanol–water partition coefficient (Wildman–Crippen LogP) is 5.26. The van der Waals surface area contributed by atoms with Crippen molar-refractivity contribution in [2.75, 3.05) is 0 Å². The van der Waals surface area contributed by atoms with Crippen molar-refractivity contribution < 1.29 is 4.79 Å². The van der Waals surface area contributed by atoms with Crippen LogP contribution in [0.2, 0.25) is 0 Å². The van der Waals surface area contributed by atoms with Gasteiger partial charge < -0.3 is 9.97 Å². The summed E-state index contributed by atoms with van der Waals surface area (Å²) in [7, 11) is 0. The molecule has 1 aromatic carbocycles. The lowest BCUT2D eigenvalue weighted by atomic mass is 9.89. The van der Waals surface area contributed by atoms with Crippen LogP contribution in [0.4, 0.5) is 0 Å². The van der Waals surface area contributed by atoms with Gasteiger partial charge in [0.2, 0.25) is 0 Å². The maximum absolute atomic E-state index is 12.0. The number of hydrogen-bond acceptors (Lipinski definition) is 1. The van der Waals surface area contributed by atoms with E-state index in [4.69, 9.17) is 0 Å². The van der Waals surface area contributed by atoms with E-state index in [1.807, 2.05) is 13.8 Å². The van der Waals surface area contributed by atoms with Gasteiger partial charge in [-0.2, -0.15) is 0 Å². The van der Waals surface area contributed by atoms with Crippen LogP contribution in [0.3, 0.4) is 0 Å². The van der Waals surface area contributed by atoms with Crippen molar-refractivity contribution in [3.8, 4) is 0 Å². The van der Waals surface area contributed by atoms with Gasteiger partial charge in [-0.3, -0.25) is 4.79 Å². The Labute approximate surface area is 156 Å². The molecule has 0 fully saturated rings. The molecule has 2 heterocycles. The first-order valence-corrected chi connectivity index (χ1v) is 9.07. The normalized spacial score (nSPS) is 12.4. The summed E-state index contributed by atoms with van der Waals surface area (Å²) < 4.78 is 1.21. The third kappa shape index (κ3) is 3.07. The lowest BCUT2D eigenvalue weighted by Crippen LogP contribution is -2.07. The van der Waals surface area contributed by atoms with Crippen LogP contribution in [-0.4, -0.2) is 15.8 Å². The quantitative estimate of drug-likeness (QED) is 0.429. The first-order valence-electron chi connectivity index (χ1n) is 7.99. The standard InChI is InChI=1S/C20H21IN2O/c1-11-5-10-17(22-11)19(15-6-8-16(21)9-7-15)20-12(2)18(14(4)24)13(3)23-20/h5-10,19,22-23H,1-4H3. The van der Waals surface area contributed by atoms with E-state index < -0.39 is 0 Å². The molecule has 1 unspecified atom stereocenters. The van der Waals surface area contributed by atoms with E-state index in [9.17, 15) is 4.79 Å². The highest BCUT2D eigenvalue weighted by Crippen LogP contribution is 2.35. The molecular weight excluding hydrogens is 411 g/mol. The number of ketones is 1. The molecule has 2 aromatic heterocycles. The fourth-order valence-electron chi connectivity index (χ4n) is 3.44. The molecule has 0 spiro atoms. The van der Waals surface area contributed by atoms with Crippen LogP contribution in [0.25, 0.3) is 0 Å². The van der Waals surface area contributed by atoms with Crippen molar-refractivity contribution in [1.29, 1.82) is 0 Å². The van der Waals surface area contributed by atoms with Crippen molar-refractivity contribution >= 4 is 28.4 Å². The molecule has 24 heavy (non-hydrogen) atoms. The largest absolute Gasteiger partial charge is 0.362 e. The van der Waals surface area contributed by atoms with Crippen molar-refractivity contribution in [1.82, 2.24) is 9.97 Å². The number of nitrogens with one attached hydrogen (secondary N) is 2. The number of carbonyl (C=O) groups excluding carboxylic acids is 1. The summed E-state index contributed by atoms with van der Waals surface area (Å²) in [5.41, 5.74) is 7.34. The van der Waals surface area contributed by atoms with Crippen molar-refractivity contribution in [3.05, 3.63) is 79.4 Å². The van der Waals surface area contributed by atoms with Gasteiger partial charge in [-0.05, 0) is 85.7 Å². The number of aryl methyl sites for hydroxylation is 2. The molecule has 0 aliphatic carbocycles. The molecule has 4 heteroatoms. The first kappa shape index (κ1) is 17.0. The highest BCUT2D eigenvalue weighted by atomic mass is 127. The molecule has 0 bridgehead atoms. The molecule has 2 N–H and O–H groups in total. The van der Waals surface area contributed by atoms with E-state index in [0.717, 1.165) is 33.9 Å². The summed E-state index contributed by atoms with van der Waals surface area (Å²) >= 11 is 2.32. The van der Waals surface area contributed by atoms with E-state index in [0.29, 0.717) is 0 Å². The molecule has 0 aliphatic heterocycles. The minimum Gasteiger partial charge on any atom is -0.362 e. The van der Waals surface area contributed by atoms with E-state index >= 15 is 0 Å². The minimum absolute atomic E-state index is 0.0579. The monoisotopic (exact) mass is 432 g/mol. The molecular formula is C20H21IN2O. The Morgan fingerprint density at radius 1 is 1.00 bits per heavy atom. The Hall–Kier alpha value is -1.82. The number of benzene rings is 1. The lowest BCUT2D eigenvalue weighted by molar-refractivity contribution is 0.101. The SMILES string of the molecule is CC(=O)c1c(C)[nH]c(C(c2ccc(I)cc2)c2ccc(C)[nH]2)c1C. The third-order valence-electron chi connectivity index (χ3n) is 4.49. The number of aromatic nitrogens is 2. The number of aromatic amines is 2. The van der Waals surface area contributed by atoms with Crippen molar-refractivity contribution in [3.63, 3.8) is 0 Å². The van der Waals surface area contributed by atoms with Gasteiger partial charge >= 0.3 is 0 Å². The number of halogens is 1. The molecule has 1 atom stereocenters. The van der Waals surface area contributed by atoms with Gasteiger partial charge in [-0.25, -0.2) is 0 Å². The topological polar surface area (TPSA) is 48.6 Å². The summed E-state index contributed by atoms with van der Waals surface area (Å²) in [5.74, 6) is 0.166. The number of hydrogen-bond donors (Lipinski definition) is 2. The zero-order valence-corrected chi connectivity index (χ0v) is 16.5. The number of Topliss-reactive ketones (excluding diaryl/α,β-unsaturated/α-hetero) is 1. The average molecular weight is 432 g/mol. The van der Waals surface area contributed by atoms with Gasteiger partial charge in [-0.1, -0.05) is 12.1 Å². The van der Waals surface area contributed by atoms with Crippen LogP contribution in [0.1, 0.15) is 57.1 Å². The van der Waals surface area contributed by atoms with Gasteiger partial charge in [0.25, 0.3) is 0 Å². The van der Waals surface area contributed by atoms with Crippen molar-refractivity contribution in [2.45, 2.75) is 33.6 Å². The Kier molecular flexibility index (Phi) is 4.67. The van der Waals surface area contributed by atoms with Crippen LogP contribution in [0.15, 0.2) is 36.4 Å². The predicted molar refractivity (Wildman–Crippen MR) is 106 cm³/mol. The van der Waals surface area contributed by atoms with Gasteiger partial charge in [0.15, 0.2) is 5.78 Å². The van der Waals surface area contributed by atoms with Crippen LogP contribution in [0.5, 0.6) is 0 Å². The maximum Gasteiger partial charge on any atom is 0.161 e. The van der Waals surface area contributed by atoms with Gasteiger partial charge in [0, 0.05) is 31.9 Å². The Morgan fingerprint density at radius 2 is 1.67 bits per heavy atom. The molecule has 3 rings (SSSR count). The third-order valence-corrected chi connectivity index (χ3v) is 5.20.